The predicted molar refractivity (Wildman–Crippen MR) is 133 cm³/mol. The number of nitrogens with one attached hydrogen (secondary N) is 1. The van der Waals surface area contributed by atoms with Gasteiger partial charge in [0.05, 0.1) is 24.1 Å². The number of carbonyl (C=O) groups excluding carboxylic acids is 2. The summed E-state index contributed by atoms with van der Waals surface area (Å²) in [5.74, 6) is -0.244. The molecule has 2 atom stereocenters. The van der Waals surface area contributed by atoms with Crippen LogP contribution in [0.5, 0.6) is 0 Å². The zero-order valence-electron chi connectivity index (χ0n) is 20.7. The molecule has 38 heavy (non-hydrogen) atoms. The van der Waals surface area contributed by atoms with E-state index < -0.39 is 29.8 Å². The maximum absolute atomic E-state index is 13.1. The monoisotopic (exact) mass is 526 g/mol. The number of hydrogen-bond donors (Lipinski definition) is 1. The Morgan fingerprint density at radius 2 is 2.00 bits per heavy atom. The molecule has 0 spiro atoms. The van der Waals surface area contributed by atoms with Crippen molar-refractivity contribution in [2.24, 2.45) is 0 Å². The minimum absolute atomic E-state index is 0.0937. The van der Waals surface area contributed by atoms with E-state index in [9.17, 15) is 22.8 Å². The van der Waals surface area contributed by atoms with Gasteiger partial charge in [-0.3, -0.25) is 14.7 Å². The predicted octanol–water partition coefficient (Wildman–Crippen LogP) is 5.57. The molecule has 8 nitrogen and oxygen atoms in total. The highest BCUT2D eigenvalue weighted by molar-refractivity contribution is 6.04. The summed E-state index contributed by atoms with van der Waals surface area (Å²) in [6.07, 6.45) is -1.71. The Balaban J connectivity index is 1.48. The van der Waals surface area contributed by atoms with Gasteiger partial charge in [-0.05, 0) is 50.6 Å². The lowest BCUT2D eigenvalue weighted by molar-refractivity contribution is -0.137. The number of pyridine rings is 2. The highest BCUT2D eigenvalue weighted by atomic mass is 19.4. The van der Waals surface area contributed by atoms with Crippen LogP contribution in [0.1, 0.15) is 46.4 Å². The summed E-state index contributed by atoms with van der Waals surface area (Å²) in [5, 5.41) is 2.64. The van der Waals surface area contributed by atoms with Crippen LogP contribution >= 0.6 is 0 Å². The van der Waals surface area contributed by atoms with E-state index in [-0.39, 0.29) is 11.5 Å². The molecule has 0 bridgehead atoms. The smallest absolute Gasteiger partial charge is 0.416 e. The fourth-order valence-corrected chi connectivity index (χ4v) is 4.80. The largest absolute Gasteiger partial charge is 0.443 e. The van der Waals surface area contributed by atoms with Crippen molar-refractivity contribution in [2.75, 3.05) is 30.0 Å². The van der Waals surface area contributed by atoms with Gasteiger partial charge < -0.3 is 14.8 Å². The molecule has 2 aromatic heterocycles. The number of amides is 2. The molecule has 1 fully saturated rings. The van der Waals surface area contributed by atoms with Crippen molar-refractivity contribution in [3.8, 4) is 11.1 Å². The number of rotatable bonds is 4. The first kappa shape index (κ1) is 25.7. The first-order valence-electron chi connectivity index (χ1n) is 12.2. The molecule has 2 unspecified atom stereocenters. The van der Waals surface area contributed by atoms with E-state index in [4.69, 9.17) is 9.47 Å². The molecule has 0 aliphatic carbocycles. The Bertz CT molecular complexity index is 1390. The molecule has 11 heteroatoms. The van der Waals surface area contributed by atoms with Gasteiger partial charge in [-0.15, -0.1) is 0 Å². The van der Waals surface area contributed by atoms with Crippen LogP contribution < -0.4 is 10.2 Å². The Morgan fingerprint density at radius 1 is 1.18 bits per heavy atom. The van der Waals surface area contributed by atoms with Crippen molar-refractivity contribution in [1.82, 2.24) is 9.97 Å². The van der Waals surface area contributed by atoms with E-state index in [1.165, 1.54) is 23.2 Å². The average Bonchev–Trinajstić information content (AvgIpc) is 3.02. The van der Waals surface area contributed by atoms with Crippen LogP contribution in [0.2, 0.25) is 0 Å². The van der Waals surface area contributed by atoms with Crippen molar-refractivity contribution in [1.29, 1.82) is 0 Å². The number of benzene rings is 1. The second kappa shape index (κ2) is 10.1. The van der Waals surface area contributed by atoms with Crippen LogP contribution in [0.25, 0.3) is 11.1 Å². The van der Waals surface area contributed by atoms with E-state index >= 15 is 0 Å². The van der Waals surface area contributed by atoms with Gasteiger partial charge >= 0.3 is 12.3 Å². The molecule has 1 aromatic carbocycles. The number of hydrogen-bond acceptors (Lipinski definition) is 6. The highest BCUT2D eigenvalue weighted by Gasteiger charge is 2.39. The second-order valence-corrected chi connectivity index (χ2v) is 9.16. The number of alkyl halides is 3. The summed E-state index contributed by atoms with van der Waals surface area (Å²) in [5.41, 5.74) is 2.23. The number of ether oxygens (including phenoxy) is 2. The van der Waals surface area contributed by atoms with Crippen LogP contribution in [0, 0.1) is 6.92 Å². The van der Waals surface area contributed by atoms with Gasteiger partial charge in [0.1, 0.15) is 11.9 Å². The summed E-state index contributed by atoms with van der Waals surface area (Å²) in [6, 6.07) is 7.88. The van der Waals surface area contributed by atoms with Crippen LogP contribution in [-0.2, 0) is 15.7 Å². The van der Waals surface area contributed by atoms with E-state index in [1.54, 1.807) is 12.3 Å². The van der Waals surface area contributed by atoms with Gasteiger partial charge in [0.15, 0.2) is 0 Å². The minimum atomic E-state index is -4.56. The van der Waals surface area contributed by atoms with Gasteiger partial charge in [0, 0.05) is 53.2 Å². The highest BCUT2D eigenvalue weighted by Crippen LogP contribution is 2.40. The van der Waals surface area contributed by atoms with E-state index in [1.807, 2.05) is 19.9 Å². The van der Waals surface area contributed by atoms with Crippen molar-refractivity contribution < 1.29 is 32.2 Å². The first-order chi connectivity index (χ1) is 18.2. The second-order valence-electron chi connectivity index (χ2n) is 9.16. The van der Waals surface area contributed by atoms with Gasteiger partial charge in [-0.1, -0.05) is 6.07 Å². The average molecular weight is 527 g/mol. The molecule has 1 saturated heterocycles. The lowest BCUT2D eigenvalue weighted by Gasteiger charge is -2.29. The number of fused-ring (bicyclic) bond motifs is 3. The number of nitrogens with zero attached hydrogens (tertiary/aromatic N) is 3. The maximum Gasteiger partial charge on any atom is 0.416 e. The molecule has 5 rings (SSSR count). The quantitative estimate of drug-likeness (QED) is 0.478. The zero-order valence-corrected chi connectivity index (χ0v) is 20.7. The minimum Gasteiger partial charge on any atom is -0.443 e. The number of carbonyl (C=O) groups is 2. The van der Waals surface area contributed by atoms with Crippen LogP contribution in [0.4, 0.5) is 29.5 Å². The number of anilines is 2. The Labute approximate surface area is 216 Å². The van der Waals surface area contributed by atoms with Gasteiger partial charge in [0.2, 0.25) is 0 Å². The van der Waals surface area contributed by atoms with Gasteiger partial charge in [0.25, 0.3) is 5.91 Å². The summed E-state index contributed by atoms with van der Waals surface area (Å²) in [6.45, 7) is 4.87. The Kier molecular flexibility index (Phi) is 6.78. The molecule has 2 aliphatic heterocycles. The summed E-state index contributed by atoms with van der Waals surface area (Å²) in [7, 11) is 0. The summed E-state index contributed by atoms with van der Waals surface area (Å²) >= 11 is 0. The van der Waals surface area contributed by atoms with Gasteiger partial charge in [-0.25, -0.2) is 9.78 Å². The summed E-state index contributed by atoms with van der Waals surface area (Å²) in [4.78, 5) is 35.9. The third kappa shape index (κ3) is 4.93. The van der Waals surface area contributed by atoms with Crippen molar-refractivity contribution in [2.45, 2.75) is 38.5 Å². The van der Waals surface area contributed by atoms with Crippen LogP contribution in [-0.4, -0.2) is 47.8 Å². The third-order valence-corrected chi connectivity index (χ3v) is 6.75. The fraction of sp³-hybridized carbons (Fsp3) is 0.333. The molecule has 0 radical (unpaired) electrons. The van der Waals surface area contributed by atoms with E-state index in [0.717, 1.165) is 23.3 Å². The molecule has 198 valence electrons. The molecule has 3 aromatic rings. The molecule has 4 heterocycles. The number of aromatic nitrogens is 2. The SMILES string of the molecule is CCN1C(=O)OC2COCCC2c2cc(-c3cc(NC(=O)c4cccc(C(F)(F)F)c4)cnc3C)cnc21. The van der Waals surface area contributed by atoms with E-state index in [2.05, 4.69) is 15.3 Å². The summed E-state index contributed by atoms with van der Waals surface area (Å²) < 4.78 is 50.5. The lowest BCUT2D eigenvalue weighted by atomic mass is 9.88. The lowest BCUT2D eigenvalue weighted by Crippen LogP contribution is -2.36. The van der Waals surface area contributed by atoms with Crippen LogP contribution in [0.15, 0.2) is 48.8 Å². The standard InChI is InChI=1S/C27H25F3N4O4/c1-3-34-24-22(20-7-8-37-14-23(20)38-26(34)36)10-17(12-32-24)21-11-19(13-31-15(21)2)33-25(35)16-5-4-6-18(9-16)27(28,29)30/h4-6,9-13,20,23H,3,7-8,14H2,1-2H3,(H,33,35). The number of halogens is 3. The van der Waals surface area contributed by atoms with Gasteiger partial charge in [-0.2, -0.15) is 13.2 Å². The zero-order chi connectivity index (χ0) is 27.0. The normalized spacial score (nSPS) is 19.2. The fourth-order valence-electron chi connectivity index (χ4n) is 4.80. The van der Waals surface area contributed by atoms with Crippen molar-refractivity contribution in [3.63, 3.8) is 0 Å². The molecule has 1 N–H and O–H groups in total. The molecule has 0 saturated carbocycles. The molecular weight excluding hydrogens is 501 g/mol. The molecule has 2 aliphatic rings. The van der Waals surface area contributed by atoms with Crippen LogP contribution in [0.3, 0.4) is 0 Å². The molecular formula is C27H25F3N4O4. The first-order valence-corrected chi connectivity index (χ1v) is 12.2. The van der Waals surface area contributed by atoms with Crippen molar-refractivity contribution in [3.05, 3.63) is 71.2 Å². The third-order valence-electron chi connectivity index (χ3n) is 6.75. The van der Waals surface area contributed by atoms with Crippen molar-refractivity contribution >= 4 is 23.5 Å². The molecule has 2 amide bonds. The topological polar surface area (TPSA) is 93.7 Å². The Hall–Kier alpha value is -3.99. The Morgan fingerprint density at radius 3 is 2.76 bits per heavy atom. The number of aryl methyl sites for hydroxylation is 1. The maximum atomic E-state index is 13.1. The van der Waals surface area contributed by atoms with E-state index in [0.29, 0.717) is 48.9 Å².